The van der Waals surface area contributed by atoms with E-state index in [0.29, 0.717) is 36.4 Å². The van der Waals surface area contributed by atoms with E-state index in [9.17, 15) is 9.50 Å². The van der Waals surface area contributed by atoms with E-state index >= 15 is 0 Å². The lowest BCUT2D eigenvalue weighted by Gasteiger charge is -2.28. The molecule has 1 saturated heterocycles. The number of benzene rings is 1. The van der Waals surface area contributed by atoms with Crippen LogP contribution in [0, 0.1) is 11.7 Å². The molecule has 1 aliphatic heterocycles. The summed E-state index contributed by atoms with van der Waals surface area (Å²) < 4.78 is 20.8. The Hall–Kier alpha value is -2.71. The molecule has 0 bridgehead atoms. The Kier molecular flexibility index (Phi) is 5.26. The maximum atomic E-state index is 13.7. The fourth-order valence-electron chi connectivity index (χ4n) is 4.15. The Morgan fingerprint density at radius 3 is 2.87 bits per heavy atom. The van der Waals surface area contributed by atoms with Crippen molar-refractivity contribution in [3.05, 3.63) is 47.9 Å². The summed E-state index contributed by atoms with van der Waals surface area (Å²) in [5, 5.41) is 21.3. The van der Waals surface area contributed by atoms with Crippen LogP contribution in [0.1, 0.15) is 43.6 Å². The molecule has 1 aromatic carbocycles. The van der Waals surface area contributed by atoms with Crippen LogP contribution in [-0.4, -0.2) is 39.1 Å². The smallest absolute Gasteiger partial charge is 0.163 e. The molecule has 2 atom stereocenters. The van der Waals surface area contributed by atoms with Gasteiger partial charge in [0.2, 0.25) is 0 Å². The monoisotopic (exact) mass is 411 g/mol. The van der Waals surface area contributed by atoms with Gasteiger partial charge in [-0.2, -0.15) is 9.61 Å². The minimum Gasteiger partial charge on any atom is -0.369 e. The lowest BCUT2D eigenvalue weighted by atomic mass is 9.81. The minimum absolute atomic E-state index is 0.0208. The molecule has 3 aromatic rings. The van der Waals surface area contributed by atoms with Gasteiger partial charge in [0.1, 0.15) is 17.5 Å². The zero-order valence-corrected chi connectivity index (χ0v) is 16.7. The Labute approximate surface area is 174 Å². The standard InChI is InChI=1S/C22H26FN5O2/c23-16-7-2-8-17(10-16)26-20-11-19(24-12-15-6-3-9-30-22(15)29)27-21-18(13-25-28(20)21)14-4-1-5-14/h2,7-8,10-11,13-15,22,26,29H,1,3-6,9,12H2,(H,24,27)/t15-,22+/m0/s1. The molecule has 0 spiro atoms. The second-order valence-corrected chi connectivity index (χ2v) is 8.17. The van der Waals surface area contributed by atoms with E-state index in [2.05, 4.69) is 15.7 Å². The highest BCUT2D eigenvalue weighted by atomic mass is 19.1. The van der Waals surface area contributed by atoms with Gasteiger partial charge in [-0.05, 0) is 49.8 Å². The molecule has 30 heavy (non-hydrogen) atoms. The highest BCUT2D eigenvalue weighted by Crippen LogP contribution is 2.38. The number of aliphatic hydroxyl groups is 1. The molecule has 0 radical (unpaired) electrons. The molecule has 7 nitrogen and oxygen atoms in total. The molecule has 158 valence electrons. The average molecular weight is 411 g/mol. The van der Waals surface area contributed by atoms with E-state index in [1.807, 2.05) is 18.3 Å². The van der Waals surface area contributed by atoms with Crippen LogP contribution in [0.2, 0.25) is 0 Å². The van der Waals surface area contributed by atoms with Gasteiger partial charge in [0, 0.05) is 36.4 Å². The average Bonchev–Trinajstić information content (AvgIpc) is 3.10. The van der Waals surface area contributed by atoms with Crippen molar-refractivity contribution in [1.29, 1.82) is 0 Å². The van der Waals surface area contributed by atoms with Crippen molar-refractivity contribution in [3.8, 4) is 0 Å². The summed E-state index contributed by atoms with van der Waals surface area (Å²) in [6.07, 6.45) is 6.53. The molecule has 0 unspecified atom stereocenters. The van der Waals surface area contributed by atoms with Gasteiger partial charge in [-0.1, -0.05) is 12.5 Å². The van der Waals surface area contributed by atoms with Gasteiger partial charge in [0.15, 0.2) is 11.9 Å². The van der Waals surface area contributed by atoms with Crippen LogP contribution in [0.3, 0.4) is 0 Å². The molecule has 2 fully saturated rings. The van der Waals surface area contributed by atoms with Gasteiger partial charge in [0.25, 0.3) is 0 Å². The minimum atomic E-state index is -0.750. The van der Waals surface area contributed by atoms with Gasteiger partial charge in [-0.3, -0.25) is 0 Å². The zero-order valence-electron chi connectivity index (χ0n) is 16.7. The number of fused-ring (bicyclic) bond motifs is 1. The third kappa shape index (κ3) is 3.85. The molecular weight excluding hydrogens is 385 g/mol. The number of halogens is 1. The summed E-state index contributed by atoms with van der Waals surface area (Å²) in [5.74, 6) is 1.61. The molecular formula is C22H26FN5O2. The normalized spacial score (nSPS) is 22.1. The summed E-state index contributed by atoms with van der Waals surface area (Å²) in [5.41, 5.74) is 2.60. The second-order valence-electron chi connectivity index (χ2n) is 8.17. The lowest BCUT2D eigenvalue weighted by Crippen LogP contribution is -2.34. The molecule has 3 heterocycles. The van der Waals surface area contributed by atoms with Gasteiger partial charge in [-0.25, -0.2) is 9.37 Å². The number of nitrogens with one attached hydrogen (secondary N) is 2. The van der Waals surface area contributed by atoms with E-state index in [1.54, 1.807) is 10.6 Å². The molecule has 1 aliphatic carbocycles. The van der Waals surface area contributed by atoms with Crippen LogP contribution < -0.4 is 10.6 Å². The van der Waals surface area contributed by atoms with Crippen LogP contribution >= 0.6 is 0 Å². The highest BCUT2D eigenvalue weighted by molar-refractivity contribution is 5.66. The highest BCUT2D eigenvalue weighted by Gasteiger charge is 2.26. The molecule has 1 saturated carbocycles. The van der Waals surface area contributed by atoms with Crippen molar-refractivity contribution in [1.82, 2.24) is 14.6 Å². The van der Waals surface area contributed by atoms with Gasteiger partial charge in [0.05, 0.1) is 6.20 Å². The van der Waals surface area contributed by atoms with Gasteiger partial charge in [-0.15, -0.1) is 0 Å². The number of hydrogen-bond acceptors (Lipinski definition) is 6. The molecule has 2 aliphatic rings. The van der Waals surface area contributed by atoms with E-state index in [4.69, 9.17) is 9.72 Å². The largest absolute Gasteiger partial charge is 0.369 e. The molecule has 5 rings (SSSR count). The van der Waals surface area contributed by atoms with Crippen molar-refractivity contribution in [2.75, 3.05) is 23.8 Å². The second kappa shape index (κ2) is 8.20. The summed E-state index contributed by atoms with van der Waals surface area (Å²) in [6.45, 7) is 1.17. The van der Waals surface area contributed by atoms with Crippen molar-refractivity contribution < 1.29 is 14.2 Å². The maximum absolute atomic E-state index is 13.7. The number of aliphatic hydroxyl groups excluding tert-OH is 1. The number of rotatable bonds is 6. The predicted molar refractivity (Wildman–Crippen MR) is 112 cm³/mol. The fourth-order valence-corrected chi connectivity index (χ4v) is 4.15. The molecule has 3 N–H and O–H groups in total. The molecule has 8 heteroatoms. The first-order valence-corrected chi connectivity index (χ1v) is 10.6. The van der Waals surface area contributed by atoms with Gasteiger partial charge < -0.3 is 20.5 Å². The van der Waals surface area contributed by atoms with Crippen molar-refractivity contribution in [2.24, 2.45) is 5.92 Å². The Morgan fingerprint density at radius 2 is 2.10 bits per heavy atom. The van der Waals surface area contributed by atoms with Crippen LogP contribution in [0.15, 0.2) is 36.5 Å². The van der Waals surface area contributed by atoms with Crippen molar-refractivity contribution >= 4 is 23.0 Å². The summed E-state index contributed by atoms with van der Waals surface area (Å²) in [6, 6.07) is 8.22. The van der Waals surface area contributed by atoms with E-state index in [1.165, 1.54) is 18.6 Å². The van der Waals surface area contributed by atoms with Crippen LogP contribution in [0.5, 0.6) is 0 Å². The van der Waals surface area contributed by atoms with E-state index in [-0.39, 0.29) is 11.7 Å². The predicted octanol–water partition coefficient (Wildman–Crippen LogP) is 4.04. The van der Waals surface area contributed by atoms with E-state index in [0.717, 1.165) is 36.9 Å². The van der Waals surface area contributed by atoms with Crippen LogP contribution in [0.4, 0.5) is 21.7 Å². The van der Waals surface area contributed by atoms with Gasteiger partial charge >= 0.3 is 0 Å². The number of nitrogens with zero attached hydrogens (tertiary/aromatic N) is 3. The first-order chi connectivity index (χ1) is 14.7. The first-order valence-electron chi connectivity index (χ1n) is 10.6. The summed E-state index contributed by atoms with van der Waals surface area (Å²) in [4.78, 5) is 4.82. The summed E-state index contributed by atoms with van der Waals surface area (Å²) >= 11 is 0. The number of ether oxygens (including phenoxy) is 1. The Bertz CT molecular complexity index is 1040. The Morgan fingerprint density at radius 1 is 1.20 bits per heavy atom. The molecule has 0 amide bonds. The third-order valence-corrected chi connectivity index (χ3v) is 6.10. The SMILES string of the molecule is O[C@@H]1OCCC[C@H]1CNc1cc(Nc2cccc(F)c2)n2ncc(C3CCC3)c2n1. The first kappa shape index (κ1) is 19.3. The lowest BCUT2D eigenvalue weighted by molar-refractivity contribution is -0.154. The number of anilines is 3. The fraction of sp³-hybridized carbons (Fsp3) is 0.455. The topological polar surface area (TPSA) is 83.7 Å². The van der Waals surface area contributed by atoms with Crippen LogP contribution in [-0.2, 0) is 4.74 Å². The quantitative estimate of drug-likeness (QED) is 0.568. The zero-order chi connectivity index (χ0) is 20.5. The third-order valence-electron chi connectivity index (χ3n) is 6.10. The van der Waals surface area contributed by atoms with Crippen molar-refractivity contribution in [3.63, 3.8) is 0 Å². The van der Waals surface area contributed by atoms with Crippen molar-refractivity contribution in [2.45, 2.75) is 44.3 Å². The molecule has 2 aromatic heterocycles. The van der Waals surface area contributed by atoms with Crippen LogP contribution in [0.25, 0.3) is 5.65 Å². The number of aromatic nitrogens is 3. The van der Waals surface area contributed by atoms with E-state index < -0.39 is 6.29 Å². The Balaban J connectivity index is 1.46. The maximum Gasteiger partial charge on any atom is 0.163 e. The summed E-state index contributed by atoms with van der Waals surface area (Å²) in [7, 11) is 0. The number of hydrogen-bond donors (Lipinski definition) is 3.